The van der Waals surface area contributed by atoms with Crippen LogP contribution in [-0.4, -0.2) is 10.5 Å². The molecule has 0 radical (unpaired) electrons. The monoisotopic (exact) mass is 715 g/mol. The molecule has 3 heterocycles. The van der Waals surface area contributed by atoms with Crippen LogP contribution >= 0.6 is 0 Å². The minimum atomic E-state index is -0.166. The minimum Gasteiger partial charge on any atom is -0.456 e. The average molecular weight is 716 g/mol. The lowest BCUT2D eigenvalue weighted by atomic mass is 9.94. The zero-order valence-corrected chi connectivity index (χ0v) is 30.3. The maximum absolute atomic E-state index is 6.57. The van der Waals surface area contributed by atoms with Crippen molar-refractivity contribution >= 4 is 76.9 Å². The molecule has 0 saturated heterocycles. The fourth-order valence-electron chi connectivity index (χ4n) is 9.00. The summed E-state index contributed by atoms with van der Waals surface area (Å²) in [7, 11) is 0. The molecule has 0 saturated carbocycles. The van der Waals surface area contributed by atoms with Crippen molar-refractivity contribution in [1.82, 2.24) is 9.88 Å². The van der Waals surface area contributed by atoms with Crippen molar-refractivity contribution in [3.05, 3.63) is 199 Å². The Morgan fingerprint density at radius 2 is 1.16 bits per heavy atom. The Morgan fingerprint density at radius 1 is 0.464 bits per heavy atom. The molecule has 11 aromatic rings. The van der Waals surface area contributed by atoms with Gasteiger partial charge in [0.05, 0.1) is 22.8 Å². The van der Waals surface area contributed by atoms with E-state index in [9.17, 15) is 0 Å². The fourth-order valence-corrected chi connectivity index (χ4v) is 9.00. The van der Waals surface area contributed by atoms with Crippen LogP contribution < -0.4 is 5.32 Å². The molecule has 56 heavy (non-hydrogen) atoms. The second kappa shape index (κ2) is 12.0. The number of hydrogen-bond acceptors (Lipinski definition) is 3. The Balaban J connectivity index is 1.09. The molecule has 9 aromatic carbocycles. The van der Waals surface area contributed by atoms with Crippen molar-refractivity contribution < 1.29 is 4.42 Å². The summed E-state index contributed by atoms with van der Waals surface area (Å²) in [5, 5.41) is 13.4. The molecule has 0 aliphatic carbocycles. The van der Waals surface area contributed by atoms with Gasteiger partial charge in [0.25, 0.3) is 0 Å². The van der Waals surface area contributed by atoms with E-state index in [0.29, 0.717) is 0 Å². The zero-order chi connectivity index (χ0) is 36.7. The summed E-state index contributed by atoms with van der Waals surface area (Å²) in [6.07, 6.45) is 0. The van der Waals surface area contributed by atoms with Crippen molar-refractivity contribution in [2.24, 2.45) is 4.99 Å². The van der Waals surface area contributed by atoms with E-state index < -0.39 is 0 Å². The summed E-state index contributed by atoms with van der Waals surface area (Å²) in [6, 6.07) is 67.2. The number of hydrogen-bond donors (Lipinski definition) is 1. The highest BCUT2D eigenvalue weighted by atomic mass is 16.3. The van der Waals surface area contributed by atoms with Crippen LogP contribution in [0.1, 0.15) is 17.2 Å². The number of aliphatic imine (C=N–C) groups is 1. The van der Waals surface area contributed by atoms with Crippen molar-refractivity contribution in [2.45, 2.75) is 6.04 Å². The van der Waals surface area contributed by atoms with Crippen LogP contribution in [0, 0.1) is 0 Å². The first-order valence-corrected chi connectivity index (χ1v) is 19.2. The van der Waals surface area contributed by atoms with Gasteiger partial charge in [0.1, 0.15) is 11.2 Å². The normalized spacial score (nSPS) is 14.1. The Kier molecular flexibility index (Phi) is 6.66. The Labute approximate surface area is 322 Å². The van der Waals surface area contributed by atoms with Gasteiger partial charge in [-0.2, -0.15) is 0 Å². The maximum Gasteiger partial charge on any atom is 0.209 e. The third kappa shape index (κ3) is 4.69. The van der Waals surface area contributed by atoms with Gasteiger partial charge in [-0.15, -0.1) is 0 Å². The summed E-state index contributed by atoms with van der Waals surface area (Å²) in [6.45, 7) is 0. The Morgan fingerprint density at radius 3 is 2.00 bits per heavy atom. The minimum absolute atomic E-state index is 0.166. The number of nitrogens with one attached hydrogen (secondary N) is 1. The van der Waals surface area contributed by atoms with E-state index in [1.807, 2.05) is 0 Å². The first kappa shape index (κ1) is 31.0. The third-order valence-corrected chi connectivity index (χ3v) is 11.6. The smallest absolute Gasteiger partial charge is 0.209 e. The van der Waals surface area contributed by atoms with Gasteiger partial charge in [0, 0.05) is 27.1 Å². The highest BCUT2D eigenvalue weighted by Gasteiger charge is 2.28. The molecule has 12 rings (SSSR count). The third-order valence-electron chi connectivity index (χ3n) is 11.6. The number of fused-ring (bicyclic) bond motifs is 10. The molecule has 1 unspecified atom stereocenters. The number of benzene rings is 9. The van der Waals surface area contributed by atoms with Gasteiger partial charge >= 0.3 is 0 Å². The van der Waals surface area contributed by atoms with Gasteiger partial charge < -0.3 is 9.73 Å². The quantitative estimate of drug-likeness (QED) is 0.198. The van der Waals surface area contributed by atoms with Crippen LogP contribution in [0.5, 0.6) is 0 Å². The van der Waals surface area contributed by atoms with Gasteiger partial charge in [-0.1, -0.05) is 146 Å². The lowest BCUT2D eigenvalue weighted by Crippen LogP contribution is -2.36. The molecule has 0 bridgehead atoms. The van der Waals surface area contributed by atoms with E-state index in [4.69, 9.17) is 9.41 Å². The van der Waals surface area contributed by atoms with Gasteiger partial charge in [-0.25, -0.2) is 4.99 Å². The van der Waals surface area contributed by atoms with Crippen LogP contribution in [0.4, 0.5) is 5.69 Å². The van der Waals surface area contributed by atoms with E-state index in [-0.39, 0.29) is 6.04 Å². The van der Waals surface area contributed by atoms with E-state index in [2.05, 4.69) is 198 Å². The molecule has 1 N–H and O–H groups in total. The average Bonchev–Trinajstić information content (AvgIpc) is 3.79. The molecule has 1 aliphatic rings. The number of aromatic nitrogens is 1. The van der Waals surface area contributed by atoms with Gasteiger partial charge in [-0.05, 0) is 91.8 Å². The van der Waals surface area contributed by atoms with Crippen LogP contribution in [0.25, 0.3) is 87.5 Å². The van der Waals surface area contributed by atoms with Crippen LogP contribution in [-0.2, 0) is 0 Å². The Bertz CT molecular complexity index is 3390. The van der Waals surface area contributed by atoms with Gasteiger partial charge in [0.2, 0.25) is 5.96 Å². The van der Waals surface area contributed by atoms with Crippen molar-refractivity contribution in [2.75, 3.05) is 0 Å². The summed E-state index contributed by atoms with van der Waals surface area (Å²) < 4.78 is 8.91. The summed E-state index contributed by atoms with van der Waals surface area (Å²) in [5.74, 6) is 0.784. The predicted octanol–water partition coefficient (Wildman–Crippen LogP) is 13.6. The number of rotatable bonds is 3. The SMILES string of the molecule is c1ccc(-c2ccc3c(c2)c2c4ccccc4c(-c4ccccc4)cc2n3C2=Nc3ccccc3C(c3ccc4c(c3)oc3cc5ccccc5cc34)N2)cc1. The predicted molar refractivity (Wildman–Crippen MR) is 233 cm³/mol. The second-order valence-corrected chi connectivity index (χ2v) is 14.8. The summed E-state index contributed by atoms with van der Waals surface area (Å²) in [4.78, 5) is 5.40. The molecule has 0 fully saturated rings. The van der Waals surface area contributed by atoms with E-state index in [1.165, 1.54) is 54.6 Å². The highest BCUT2D eigenvalue weighted by molar-refractivity contribution is 6.26. The van der Waals surface area contributed by atoms with Crippen LogP contribution in [0.15, 0.2) is 197 Å². The summed E-state index contributed by atoms with van der Waals surface area (Å²) >= 11 is 0. The molecule has 4 heteroatoms. The lowest BCUT2D eigenvalue weighted by molar-refractivity contribution is 0.665. The van der Waals surface area contributed by atoms with Gasteiger partial charge in [0.15, 0.2) is 0 Å². The molecule has 0 amide bonds. The molecule has 4 nitrogen and oxygen atoms in total. The molecular formula is C52H33N3O. The number of furan rings is 1. The van der Waals surface area contributed by atoms with Gasteiger partial charge in [-0.3, -0.25) is 4.57 Å². The van der Waals surface area contributed by atoms with E-state index >= 15 is 0 Å². The molecule has 262 valence electrons. The first-order chi connectivity index (χ1) is 27.7. The zero-order valence-electron chi connectivity index (χ0n) is 30.3. The lowest BCUT2D eigenvalue weighted by Gasteiger charge is -2.28. The van der Waals surface area contributed by atoms with Crippen LogP contribution in [0.2, 0.25) is 0 Å². The van der Waals surface area contributed by atoms with Crippen molar-refractivity contribution in [1.29, 1.82) is 0 Å². The van der Waals surface area contributed by atoms with Crippen LogP contribution in [0.3, 0.4) is 0 Å². The number of para-hydroxylation sites is 1. The number of nitrogens with zero attached hydrogens (tertiary/aromatic N) is 2. The molecule has 1 aliphatic heterocycles. The highest BCUT2D eigenvalue weighted by Crippen LogP contribution is 2.43. The molecule has 2 aromatic heterocycles. The topological polar surface area (TPSA) is 42.5 Å². The van der Waals surface area contributed by atoms with Crippen molar-refractivity contribution in [3.8, 4) is 22.3 Å². The fraction of sp³-hybridized carbons (Fsp3) is 0.0192. The largest absolute Gasteiger partial charge is 0.456 e. The molecule has 1 atom stereocenters. The van der Waals surface area contributed by atoms with E-state index in [1.54, 1.807) is 0 Å². The first-order valence-electron chi connectivity index (χ1n) is 19.2. The van der Waals surface area contributed by atoms with E-state index in [0.717, 1.165) is 55.7 Å². The maximum atomic E-state index is 6.57. The standard InChI is InChI=1S/C52H33N3O/c1-3-13-32(14-4-1)36-24-26-46-44(28-36)50-40-20-10-9-19-38(40)42(33-15-5-2-6-16-33)31-47(50)55(46)52-53-45-22-12-11-21-41(45)51(54-52)37-23-25-39-43-27-34-17-7-8-18-35(34)29-49(43)56-48(39)30-37/h1-31,51H,(H,53,54). The molecular weight excluding hydrogens is 683 g/mol. The molecule has 0 spiro atoms. The second-order valence-electron chi connectivity index (χ2n) is 14.8. The summed E-state index contributed by atoms with van der Waals surface area (Å²) in [5.41, 5.74) is 11.9. The van der Waals surface area contributed by atoms with Crippen molar-refractivity contribution in [3.63, 3.8) is 0 Å². The Hall–Kier alpha value is -7.43.